The van der Waals surface area contributed by atoms with Gasteiger partial charge in [-0.1, -0.05) is 26.8 Å². The van der Waals surface area contributed by atoms with Gasteiger partial charge < -0.3 is 5.73 Å². The highest BCUT2D eigenvalue weighted by Crippen LogP contribution is 2.43. The van der Waals surface area contributed by atoms with Crippen LogP contribution in [0.1, 0.15) is 31.9 Å². The fourth-order valence-corrected chi connectivity index (χ4v) is 1.84. The molecule has 0 aromatic heterocycles. The second-order valence-electron chi connectivity index (χ2n) is 5.21. The maximum Gasteiger partial charge on any atom is 0.153 e. The minimum Gasteiger partial charge on any atom is -0.327 e. The molecule has 0 bridgehead atoms. The molecule has 16 heavy (non-hydrogen) atoms. The van der Waals surface area contributed by atoms with Gasteiger partial charge in [0.25, 0.3) is 0 Å². The van der Waals surface area contributed by atoms with Gasteiger partial charge in [0.2, 0.25) is 0 Å². The molecule has 1 unspecified atom stereocenters. The number of nitrogens with two attached hydrogens (primary N) is 1. The summed E-state index contributed by atoms with van der Waals surface area (Å²) in [5.74, 6) is -0.430. The van der Waals surface area contributed by atoms with Crippen LogP contribution in [-0.2, 0) is 5.67 Å². The Balaban J connectivity index is 3.39. The molecule has 1 atom stereocenters. The Morgan fingerprint density at radius 1 is 1.25 bits per heavy atom. The molecule has 0 aliphatic carbocycles. The van der Waals surface area contributed by atoms with E-state index in [0.29, 0.717) is 5.56 Å². The van der Waals surface area contributed by atoms with Crippen LogP contribution in [0.2, 0.25) is 0 Å². The van der Waals surface area contributed by atoms with Gasteiger partial charge in [-0.15, -0.1) is 0 Å². The molecule has 90 valence electrons. The normalized spacial score (nSPS) is 15.9. The van der Waals surface area contributed by atoms with Crippen LogP contribution in [0.3, 0.4) is 0 Å². The molecule has 1 rings (SSSR count). The van der Waals surface area contributed by atoms with Gasteiger partial charge in [-0.05, 0) is 30.2 Å². The first kappa shape index (κ1) is 13.1. The van der Waals surface area contributed by atoms with Gasteiger partial charge in [-0.2, -0.15) is 0 Å². The van der Waals surface area contributed by atoms with Gasteiger partial charge in [0.15, 0.2) is 5.67 Å². The Kier molecular flexibility index (Phi) is 3.38. The van der Waals surface area contributed by atoms with Crippen molar-refractivity contribution in [3.63, 3.8) is 0 Å². The summed E-state index contributed by atoms with van der Waals surface area (Å²) in [5, 5.41) is 0. The van der Waals surface area contributed by atoms with E-state index in [4.69, 9.17) is 5.73 Å². The van der Waals surface area contributed by atoms with Crippen molar-refractivity contribution in [3.05, 3.63) is 35.1 Å². The first-order valence-electron chi connectivity index (χ1n) is 5.38. The van der Waals surface area contributed by atoms with Crippen LogP contribution >= 0.6 is 0 Å². The highest BCUT2D eigenvalue weighted by molar-refractivity contribution is 5.34. The van der Waals surface area contributed by atoms with E-state index in [1.807, 2.05) is 0 Å². The predicted molar refractivity (Wildman–Crippen MR) is 62.4 cm³/mol. The van der Waals surface area contributed by atoms with Crippen molar-refractivity contribution in [3.8, 4) is 0 Å². The van der Waals surface area contributed by atoms with Crippen molar-refractivity contribution >= 4 is 0 Å². The number of hydrogen-bond acceptors (Lipinski definition) is 1. The SMILES string of the molecule is Cc1ccc(F)cc1C(F)(CN)C(C)(C)C. The van der Waals surface area contributed by atoms with Crippen molar-refractivity contribution in [2.24, 2.45) is 11.1 Å². The molecule has 1 aromatic carbocycles. The zero-order valence-electron chi connectivity index (χ0n) is 10.3. The quantitative estimate of drug-likeness (QED) is 0.824. The standard InChI is InChI=1S/C13H19F2N/c1-9-5-6-10(14)7-11(9)13(15,8-16)12(2,3)4/h5-7H,8,16H2,1-4H3. The van der Waals surface area contributed by atoms with E-state index in [2.05, 4.69) is 0 Å². The highest BCUT2D eigenvalue weighted by Gasteiger charge is 2.43. The van der Waals surface area contributed by atoms with Crippen molar-refractivity contribution in [2.45, 2.75) is 33.4 Å². The summed E-state index contributed by atoms with van der Waals surface area (Å²) in [5.41, 5.74) is 4.25. The number of hydrogen-bond donors (Lipinski definition) is 1. The Bertz CT molecular complexity index is 382. The van der Waals surface area contributed by atoms with E-state index >= 15 is 0 Å². The molecule has 0 aliphatic heterocycles. The van der Waals surface area contributed by atoms with Crippen molar-refractivity contribution in [1.29, 1.82) is 0 Å². The molecule has 2 N–H and O–H groups in total. The third-order valence-electron chi connectivity index (χ3n) is 3.10. The van der Waals surface area contributed by atoms with E-state index in [-0.39, 0.29) is 6.54 Å². The van der Waals surface area contributed by atoms with E-state index in [1.165, 1.54) is 12.1 Å². The number of aryl methyl sites for hydroxylation is 1. The molecule has 0 heterocycles. The summed E-state index contributed by atoms with van der Waals surface area (Å²) in [6, 6.07) is 4.16. The van der Waals surface area contributed by atoms with Gasteiger partial charge in [-0.3, -0.25) is 0 Å². The summed E-state index contributed by atoms with van der Waals surface area (Å²) >= 11 is 0. The Morgan fingerprint density at radius 2 is 1.81 bits per heavy atom. The van der Waals surface area contributed by atoms with Crippen LogP contribution in [0.25, 0.3) is 0 Å². The lowest BCUT2D eigenvalue weighted by Gasteiger charge is -2.38. The maximum atomic E-state index is 14.9. The summed E-state index contributed by atoms with van der Waals surface area (Å²) in [6.45, 7) is 6.92. The lowest BCUT2D eigenvalue weighted by atomic mass is 9.72. The largest absolute Gasteiger partial charge is 0.327 e. The number of halogens is 2. The summed E-state index contributed by atoms with van der Waals surface area (Å²) in [4.78, 5) is 0. The van der Waals surface area contributed by atoms with E-state index in [9.17, 15) is 8.78 Å². The smallest absolute Gasteiger partial charge is 0.153 e. The fourth-order valence-electron chi connectivity index (χ4n) is 1.84. The Labute approximate surface area is 95.7 Å². The van der Waals surface area contributed by atoms with Gasteiger partial charge in [0.05, 0.1) is 0 Å². The maximum absolute atomic E-state index is 14.9. The predicted octanol–water partition coefficient (Wildman–Crippen LogP) is 3.30. The number of benzene rings is 1. The van der Waals surface area contributed by atoms with Gasteiger partial charge >= 0.3 is 0 Å². The molecule has 0 fully saturated rings. The number of rotatable bonds is 2. The third kappa shape index (κ3) is 2.09. The minimum absolute atomic E-state index is 0.152. The van der Waals surface area contributed by atoms with Crippen molar-refractivity contribution < 1.29 is 8.78 Å². The average molecular weight is 227 g/mol. The molecule has 0 radical (unpaired) electrons. The van der Waals surface area contributed by atoms with Crippen molar-refractivity contribution in [2.75, 3.05) is 6.54 Å². The fraction of sp³-hybridized carbons (Fsp3) is 0.538. The van der Waals surface area contributed by atoms with Crippen LogP contribution in [-0.4, -0.2) is 6.54 Å². The first-order valence-corrected chi connectivity index (χ1v) is 5.38. The van der Waals surface area contributed by atoms with Crippen LogP contribution in [0.5, 0.6) is 0 Å². The van der Waals surface area contributed by atoms with Gasteiger partial charge in [-0.25, -0.2) is 8.78 Å². The summed E-state index contributed by atoms with van der Waals surface area (Å²) in [6.07, 6.45) is 0. The third-order valence-corrected chi connectivity index (χ3v) is 3.10. The molecule has 0 amide bonds. The summed E-state index contributed by atoms with van der Waals surface area (Å²) in [7, 11) is 0. The zero-order chi connectivity index (χ0) is 12.6. The van der Waals surface area contributed by atoms with Gasteiger partial charge in [0.1, 0.15) is 5.82 Å². The molecule has 1 nitrogen and oxygen atoms in total. The number of alkyl halides is 1. The second-order valence-corrected chi connectivity index (χ2v) is 5.21. The van der Waals surface area contributed by atoms with Crippen LogP contribution in [0, 0.1) is 18.2 Å². The topological polar surface area (TPSA) is 26.0 Å². The van der Waals surface area contributed by atoms with Crippen LogP contribution in [0.15, 0.2) is 18.2 Å². The minimum atomic E-state index is -1.71. The molecule has 0 saturated heterocycles. The molecule has 0 spiro atoms. The van der Waals surface area contributed by atoms with E-state index in [1.54, 1.807) is 33.8 Å². The Hall–Kier alpha value is -0.960. The van der Waals surface area contributed by atoms with Crippen LogP contribution < -0.4 is 5.73 Å². The van der Waals surface area contributed by atoms with E-state index in [0.717, 1.165) is 5.56 Å². The van der Waals surface area contributed by atoms with Crippen molar-refractivity contribution in [1.82, 2.24) is 0 Å². The zero-order valence-corrected chi connectivity index (χ0v) is 10.3. The second kappa shape index (κ2) is 4.13. The Morgan fingerprint density at radius 3 is 2.25 bits per heavy atom. The van der Waals surface area contributed by atoms with Gasteiger partial charge in [0, 0.05) is 12.0 Å². The highest BCUT2D eigenvalue weighted by atomic mass is 19.1. The first-order chi connectivity index (χ1) is 7.22. The summed E-state index contributed by atoms with van der Waals surface area (Å²) < 4.78 is 28.1. The average Bonchev–Trinajstić information content (AvgIpc) is 2.19. The molecule has 3 heteroatoms. The molecule has 0 saturated carbocycles. The molecule has 1 aromatic rings. The van der Waals surface area contributed by atoms with Crippen LogP contribution in [0.4, 0.5) is 8.78 Å². The molecular weight excluding hydrogens is 208 g/mol. The lowest BCUT2D eigenvalue weighted by Crippen LogP contribution is -2.43. The molecular formula is C13H19F2N. The molecule has 0 aliphatic rings. The van der Waals surface area contributed by atoms with E-state index < -0.39 is 16.9 Å². The monoisotopic (exact) mass is 227 g/mol. The lowest BCUT2D eigenvalue weighted by molar-refractivity contribution is 0.0334.